The zero-order chi connectivity index (χ0) is 14.9. The van der Waals surface area contributed by atoms with Crippen LogP contribution in [0.3, 0.4) is 0 Å². The Morgan fingerprint density at radius 1 is 1.29 bits per heavy atom. The number of para-hydroxylation sites is 1. The maximum atomic E-state index is 5.92. The van der Waals surface area contributed by atoms with Crippen molar-refractivity contribution in [3.8, 4) is 5.75 Å². The molecule has 0 aliphatic carbocycles. The lowest BCUT2D eigenvalue weighted by Gasteiger charge is -2.31. The van der Waals surface area contributed by atoms with Gasteiger partial charge in [-0.3, -0.25) is 0 Å². The highest BCUT2D eigenvalue weighted by molar-refractivity contribution is 8.00. The first-order valence-corrected chi connectivity index (χ1v) is 8.97. The third kappa shape index (κ3) is 4.90. The molecule has 2 atom stereocenters. The fraction of sp³-hybridized carbons (Fsp3) is 0.647. The van der Waals surface area contributed by atoms with E-state index in [0.29, 0.717) is 24.5 Å². The summed E-state index contributed by atoms with van der Waals surface area (Å²) in [4.78, 5) is 0. The van der Waals surface area contributed by atoms with Crippen molar-refractivity contribution in [1.82, 2.24) is 5.32 Å². The number of hydrogen-bond acceptors (Lipinski definition) is 4. The molecule has 1 heterocycles. The van der Waals surface area contributed by atoms with Gasteiger partial charge in [0.05, 0.1) is 6.61 Å². The lowest BCUT2D eigenvalue weighted by Crippen LogP contribution is -2.32. The second-order valence-electron chi connectivity index (χ2n) is 5.32. The summed E-state index contributed by atoms with van der Waals surface area (Å²) in [6.07, 6.45) is 3.98. The Morgan fingerprint density at radius 3 is 2.86 bits per heavy atom. The molecule has 0 saturated carbocycles. The highest BCUT2D eigenvalue weighted by Crippen LogP contribution is 2.37. The molecule has 0 bridgehead atoms. The van der Waals surface area contributed by atoms with E-state index in [1.54, 1.807) is 7.11 Å². The maximum Gasteiger partial charge on any atom is 0.124 e. The van der Waals surface area contributed by atoms with Crippen molar-refractivity contribution in [2.24, 2.45) is 0 Å². The van der Waals surface area contributed by atoms with E-state index in [4.69, 9.17) is 9.47 Å². The van der Waals surface area contributed by atoms with E-state index in [2.05, 4.69) is 42.2 Å². The van der Waals surface area contributed by atoms with E-state index in [0.717, 1.165) is 12.3 Å². The van der Waals surface area contributed by atoms with Crippen molar-refractivity contribution >= 4 is 11.8 Å². The van der Waals surface area contributed by atoms with Gasteiger partial charge in [-0.2, -0.15) is 11.8 Å². The Bertz CT molecular complexity index is 408. The average Bonchev–Trinajstić information content (AvgIpc) is 2.54. The van der Waals surface area contributed by atoms with E-state index in [9.17, 15) is 0 Å². The molecule has 0 spiro atoms. The van der Waals surface area contributed by atoms with Gasteiger partial charge in [0, 0.05) is 24.0 Å². The van der Waals surface area contributed by atoms with E-state index in [1.807, 2.05) is 6.07 Å². The molecule has 1 aliphatic heterocycles. The molecular formula is C17H27NO2S. The first-order valence-electron chi connectivity index (χ1n) is 7.92. The van der Waals surface area contributed by atoms with Gasteiger partial charge < -0.3 is 14.8 Å². The predicted octanol–water partition coefficient (Wildman–Crippen LogP) is 3.65. The summed E-state index contributed by atoms with van der Waals surface area (Å²) in [5.74, 6) is 2.27. The van der Waals surface area contributed by atoms with E-state index in [-0.39, 0.29) is 0 Å². The Hall–Kier alpha value is -0.710. The van der Waals surface area contributed by atoms with Crippen LogP contribution in [0.1, 0.15) is 37.8 Å². The molecule has 1 saturated heterocycles. The zero-order valence-electron chi connectivity index (χ0n) is 13.1. The number of hydrogen-bond donors (Lipinski definition) is 1. The van der Waals surface area contributed by atoms with Crippen molar-refractivity contribution in [3.63, 3.8) is 0 Å². The number of rotatable bonds is 8. The van der Waals surface area contributed by atoms with Crippen molar-refractivity contribution in [1.29, 1.82) is 0 Å². The van der Waals surface area contributed by atoms with Crippen molar-refractivity contribution in [2.45, 2.75) is 37.5 Å². The van der Waals surface area contributed by atoms with Crippen molar-refractivity contribution in [2.75, 3.05) is 32.6 Å². The van der Waals surface area contributed by atoms with Crippen LogP contribution in [-0.4, -0.2) is 37.9 Å². The molecule has 1 fully saturated rings. The monoisotopic (exact) mass is 309 g/mol. The second kappa shape index (κ2) is 9.34. The first-order chi connectivity index (χ1) is 10.4. The molecule has 0 radical (unpaired) electrons. The van der Waals surface area contributed by atoms with Crippen LogP contribution >= 0.6 is 11.8 Å². The lowest BCUT2D eigenvalue weighted by molar-refractivity contribution is 0.145. The largest absolute Gasteiger partial charge is 0.491 e. The number of nitrogens with one attached hydrogen (secondary N) is 1. The number of thioether (sulfide) groups is 1. The molecule has 1 aliphatic rings. The molecule has 4 heteroatoms. The normalized spacial score (nSPS) is 20.2. The molecule has 2 unspecified atom stereocenters. The van der Waals surface area contributed by atoms with Crippen LogP contribution in [0, 0.1) is 0 Å². The minimum atomic E-state index is 0.374. The number of benzene rings is 1. The minimum absolute atomic E-state index is 0.374. The zero-order valence-corrected chi connectivity index (χ0v) is 14.0. The Morgan fingerprint density at radius 2 is 2.14 bits per heavy atom. The molecule has 0 amide bonds. The second-order valence-corrected chi connectivity index (χ2v) is 6.67. The summed E-state index contributed by atoms with van der Waals surface area (Å²) < 4.78 is 11.0. The molecule has 0 aromatic heterocycles. The molecule has 1 N–H and O–H groups in total. The molecule has 2 rings (SSSR count). The summed E-state index contributed by atoms with van der Waals surface area (Å²) in [6.45, 7) is 4.38. The van der Waals surface area contributed by atoms with Crippen LogP contribution in [0.5, 0.6) is 5.75 Å². The molecule has 1 aromatic carbocycles. The molecule has 21 heavy (non-hydrogen) atoms. The van der Waals surface area contributed by atoms with Gasteiger partial charge in [0.2, 0.25) is 0 Å². The summed E-state index contributed by atoms with van der Waals surface area (Å²) in [5, 5.41) is 4.31. The van der Waals surface area contributed by atoms with E-state index in [1.165, 1.54) is 30.6 Å². The van der Waals surface area contributed by atoms with Gasteiger partial charge in [-0.05, 0) is 31.2 Å². The van der Waals surface area contributed by atoms with Crippen LogP contribution in [0.4, 0.5) is 0 Å². The van der Waals surface area contributed by atoms with Gasteiger partial charge in [0.1, 0.15) is 12.4 Å². The SMILES string of the molecule is CCNC(c1ccccc1OCCOC)C1CCCCS1. The summed E-state index contributed by atoms with van der Waals surface area (Å²) in [5.41, 5.74) is 1.29. The number of methoxy groups -OCH3 is 1. The van der Waals surface area contributed by atoms with Gasteiger partial charge in [-0.15, -0.1) is 0 Å². The quantitative estimate of drug-likeness (QED) is 0.743. The highest BCUT2D eigenvalue weighted by atomic mass is 32.2. The standard InChI is InChI=1S/C17H27NO2S/c1-3-18-17(16-10-6-7-13-21-16)14-8-4-5-9-15(14)20-12-11-19-2/h4-5,8-9,16-18H,3,6-7,10-13H2,1-2H3. The van der Waals surface area contributed by atoms with Crippen LogP contribution in [0.15, 0.2) is 24.3 Å². The summed E-state index contributed by atoms with van der Waals surface area (Å²) in [6, 6.07) is 8.80. The van der Waals surface area contributed by atoms with Crippen molar-refractivity contribution in [3.05, 3.63) is 29.8 Å². The Labute approximate surface area is 132 Å². The Kier molecular flexibility index (Phi) is 7.41. The minimum Gasteiger partial charge on any atom is -0.491 e. The average molecular weight is 309 g/mol. The van der Waals surface area contributed by atoms with Crippen LogP contribution < -0.4 is 10.1 Å². The first kappa shape index (κ1) is 16.7. The fourth-order valence-corrected chi connectivity index (χ4v) is 4.24. The lowest BCUT2D eigenvalue weighted by atomic mass is 9.98. The van der Waals surface area contributed by atoms with Gasteiger partial charge in [-0.25, -0.2) is 0 Å². The molecular weight excluding hydrogens is 282 g/mol. The van der Waals surface area contributed by atoms with E-state index < -0.39 is 0 Å². The third-order valence-electron chi connectivity index (χ3n) is 3.81. The Balaban J connectivity index is 2.14. The van der Waals surface area contributed by atoms with Crippen LogP contribution in [-0.2, 0) is 4.74 Å². The van der Waals surface area contributed by atoms with E-state index >= 15 is 0 Å². The predicted molar refractivity (Wildman–Crippen MR) is 90.3 cm³/mol. The van der Waals surface area contributed by atoms with Gasteiger partial charge in [-0.1, -0.05) is 31.5 Å². The van der Waals surface area contributed by atoms with Crippen LogP contribution in [0.25, 0.3) is 0 Å². The number of ether oxygens (including phenoxy) is 2. The third-order valence-corrected chi connectivity index (χ3v) is 5.27. The van der Waals surface area contributed by atoms with Gasteiger partial charge >= 0.3 is 0 Å². The van der Waals surface area contributed by atoms with Gasteiger partial charge in [0.25, 0.3) is 0 Å². The van der Waals surface area contributed by atoms with Crippen LogP contribution in [0.2, 0.25) is 0 Å². The van der Waals surface area contributed by atoms with Crippen molar-refractivity contribution < 1.29 is 9.47 Å². The molecule has 3 nitrogen and oxygen atoms in total. The maximum absolute atomic E-state index is 5.92. The molecule has 1 aromatic rings. The highest BCUT2D eigenvalue weighted by Gasteiger charge is 2.27. The summed E-state index contributed by atoms with van der Waals surface area (Å²) >= 11 is 2.10. The summed E-state index contributed by atoms with van der Waals surface area (Å²) in [7, 11) is 1.70. The smallest absolute Gasteiger partial charge is 0.124 e. The topological polar surface area (TPSA) is 30.5 Å². The molecule has 118 valence electrons. The van der Waals surface area contributed by atoms with Gasteiger partial charge in [0.15, 0.2) is 0 Å². The fourth-order valence-electron chi connectivity index (χ4n) is 2.79.